The van der Waals surface area contributed by atoms with E-state index in [1.807, 2.05) is 6.92 Å². The Hall–Kier alpha value is -2.24. The van der Waals surface area contributed by atoms with Crippen molar-refractivity contribution in [3.63, 3.8) is 0 Å². The summed E-state index contributed by atoms with van der Waals surface area (Å²) in [6.07, 6.45) is 11.3. The van der Waals surface area contributed by atoms with E-state index in [4.69, 9.17) is 9.47 Å². The molecule has 0 aliphatic heterocycles. The molecule has 4 atom stereocenters. The first kappa shape index (κ1) is 26.8. The first-order chi connectivity index (χ1) is 17.4. The Kier molecular flexibility index (Phi) is 9.19. The van der Waals surface area contributed by atoms with Crippen molar-refractivity contribution in [1.29, 1.82) is 0 Å². The molecule has 0 heterocycles. The van der Waals surface area contributed by atoms with Gasteiger partial charge in [0.15, 0.2) is 23.1 Å². The van der Waals surface area contributed by atoms with Crippen LogP contribution in [-0.4, -0.2) is 13.2 Å². The molecule has 2 aliphatic carbocycles. The second-order valence-corrected chi connectivity index (χ2v) is 10.7. The summed E-state index contributed by atoms with van der Waals surface area (Å²) in [7, 11) is 0. The molecular weight excluding hydrogens is 468 g/mol. The topological polar surface area (TPSA) is 18.5 Å². The quantitative estimate of drug-likeness (QED) is 0.236. The Balaban J connectivity index is 1.39. The van der Waals surface area contributed by atoms with Crippen LogP contribution in [0.15, 0.2) is 24.3 Å². The lowest BCUT2D eigenvalue weighted by Gasteiger charge is -2.42. The predicted octanol–water partition coefficient (Wildman–Crippen LogP) is 9.10. The van der Waals surface area contributed by atoms with Crippen molar-refractivity contribution >= 4 is 0 Å². The Morgan fingerprint density at radius 1 is 0.667 bits per heavy atom. The molecule has 0 N–H and O–H groups in total. The van der Waals surface area contributed by atoms with Gasteiger partial charge in [0.25, 0.3) is 0 Å². The number of unbranched alkanes of at least 4 members (excludes halogenated alkanes) is 1. The van der Waals surface area contributed by atoms with Crippen molar-refractivity contribution in [3.05, 3.63) is 47.5 Å². The number of fused-ring (bicyclic) bond motifs is 1. The maximum atomic E-state index is 14.9. The highest BCUT2D eigenvalue weighted by atomic mass is 19.2. The fraction of sp³-hybridized carbons (Fsp3) is 0.600. The molecule has 2 aromatic rings. The van der Waals surface area contributed by atoms with Crippen LogP contribution in [0, 0.1) is 46.9 Å². The molecule has 4 rings (SSSR count). The number of benzene rings is 2. The molecular formula is C30H38F4O2. The van der Waals surface area contributed by atoms with E-state index in [1.165, 1.54) is 62.8 Å². The summed E-state index contributed by atoms with van der Waals surface area (Å²) in [5, 5.41) is 0. The van der Waals surface area contributed by atoms with Crippen LogP contribution in [-0.2, 0) is 0 Å². The zero-order valence-corrected chi connectivity index (χ0v) is 21.4. The van der Waals surface area contributed by atoms with E-state index in [9.17, 15) is 17.6 Å². The van der Waals surface area contributed by atoms with Crippen molar-refractivity contribution < 1.29 is 27.0 Å². The highest BCUT2D eigenvalue weighted by Gasteiger charge is 2.35. The number of hydrogen-bond donors (Lipinski definition) is 0. The standard InChI is InChI=1S/C30H38F4O2/c1-3-5-15-35-25-13-11-23(27(31)29(25)33)24-12-14-26(30(34)28(24)32)36-18-20-8-10-21-16-19(6-4-2)7-9-22(21)17-20/h11-14,19-22H,3-10,15-18H2,1-2H3. The molecule has 198 valence electrons. The van der Waals surface area contributed by atoms with Crippen LogP contribution in [0.25, 0.3) is 11.1 Å². The third-order valence-electron chi connectivity index (χ3n) is 8.14. The molecule has 0 aromatic heterocycles. The Labute approximate surface area is 212 Å². The third kappa shape index (κ3) is 6.00. The lowest BCUT2D eigenvalue weighted by Crippen LogP contribution is -2.33. The molecule has 2 fully saturated rings. The minimum absolute atomic E-state index is 0.189. The fourth-order valence-corrected chi connectivity index (χ4v) is 6.14. The van der Waals surface area contributed by atoms with Crippen LogP contribution < -0.4 is 9.47 Å². The molecule has 0 radical (unpaired) electrons. The molecule has 6 heteroatoms. The summed E-state index contributed by atoms with van der Waals surface area (Å²) >= 11 is 0. The van der Waals surface area contributed by atoms with Gasteiger partial charge in [-0.3, -0.25) is 0 Å². The largest absolute Gasteiger partial charge is 0.490 e. The number of ether oxygens (including phenoxy) is 2. The molecule has 2 saturated carbocycles. The van der Waals surface area contributed by atoms with Gasteiger partial charge in [0.2, 0.25) is 11.6 Å². The zero-order valence-electron chi connectivity index (χ0n) is 21.4. The van der Waals surface area contributed by atoms with Crippen molar-refractivity contribution in [3.8, 4) is 22.6 Å². The van der Waals surface area contributed by atoms with Gasteiger partial charge in [-0.2, -0.15) is 8.78 Å². The maximum Gasteiger partial charge on any atom is 0.201 e. The molecule has 0 bridgehead atoms. The van der Waals surface area contributed by atoms with Crippen molar-refractivity contribution in [2.75, 3.05) is 13.2 Å². The number of halogens is 4. The lowest BCUT2D eigenvalue weighted by molar-refractivity contribution is 0.0739. The third-order valence-corrected chi connectivity index (χ3v) is 8.14. The summed E-state index contributed by atoms with van der Waals surface area (Å²) in [5.41, 5.74) is -0.698. The Morgan fingerprint density at radius 3 is 1.81 bits per heavy atom. The maximum absolute atomic E-state index is 14.9. The zero-order chi connectivity index (χ0) is 25.7. The molecule has 0 saturated heterocycles. The van der Waals surface area contributed by atoms with Gasteiger partial charge in [0.05, 0.1) is 13.2 Å². The molecule has 2 aromatic carbocycles. The van der Waals surface area contributed by atoms with E-state index in [0.29, 0.717) is 24.9 Å². The van der Waals surface area contributed by atoms with Crippen molar-refractivity contribution in [2.24, 2.45) is 23.7 Å². The molecule has 2 aliphatic rings. The molecule has 36 heavy (non-hydrogen) atoms. The predicted molar refractivity (Wildman–Crippen MR) is 134 cm³/mol. The summed E-state index contributed by atoms with van der Waals surface area (Å²) in [6.45, 7) is 4.80. The van der Waals surface area contributed by atoms with Gasteiger partial charge in [-0.15, -0.1) is 0 Å². The smallest absolute Gasteiger partial charge is 0.201 e. The molecule has 2 nitrogen and oxygen atoms in total. The van der Waals surface area contributed by atoms with Gasteiger partial charge in [0, 0.05) is 11.1 Å². The Morgan fingerprint density at radius 2 is 1.22 bits per heavy atom. The molecule has 0 spiro atoms. The lowest BCUT2D eigenvalue weighted by atomic mass is 9.64. The van der Waals surface area contributed by atoms with E-state index >= 15 is 0 Å². The first-order valence-electron chi connectivity index (χ1n) is 13.6. The highest BCUT2D eigenvalue weighted by Crippen LogP contribution is 2.46. The van der Waals surface area contributed by atoms with Crippen molar-refractivity contribution in [1.82, 2.24) is 0 Å². The van der Waals surface area contributed by atoms with Crippen LogP contribution in [0.2, 0.25) is 0 Å². The monoisotopic (exact) mass is 506 g/mol. The van der Waals surface area contributed by atoms with Gasteiger partial charge < -0.3 is 9.47 Å². The van der Waals surface area contributed by atoms with Crippen LogP contribution in [0.4, 0.5) is 17.6 Å². The molecule has 0 amide bonds. The summed E-state index contributed by atoms with van der Waals surface area (Å²) < 4.78 is 69.9. The van der Waals surface area contributed by atoms with E-state index < -0.39 is 23.3 Å². The van der Waals surface area contributed by atoms with Crippen LogP contribution in [0.1, 0.15) is 78.1 Å². The van der Waals surface area contributed by atoms with Crippen LogP contribution in [0.5, 0.6) is 11.5 Å². The second kappa shape index (κ2) is 12.3. The summed E-state index contributed by atoms with van der Waals surface area (Å²) in [6, 6.07) is 5.01. The van der Waals surface area contributed by atoms with Gasteiger partial charge >= 0.3 is 0 Å². The summed E-state index contributed by atoms with van der Waals surface area (Å²) in [4.78, 5) is 0. The normalized spacial score (nSPS) is 23.8. The Bertz CT molecular complexity index is 1020. The average Bonchev–Trinajstić information content (AvgIpc) is 2.88. The highest BCUT2D eigenvalue weighted by molar-refractivity contribution is 5.67. The minimum atomic E-state index is -1.26. The van der Waals surface area contributed by atoms with Gasteiger partial charge in [-0.25, -0.2) is 8.78 Å². The fourth-order valence-electron chi connectivity index (χ4n) is 6.14. The SMILES string of the molecule is CCCCOc1ccc(-c2ccc(OCC3CCC4CC(CCC)CCC4C3)c(F)c2F)c(F)c1F. The summed E-state index contributed by atoms with van der Waals surface area (Å²) in [5.74, 6) is -2.64. The van der Waals surface area contributed by atoms with E-state index in [2.05, 4.69) is 6.92 Å². The number of rotatable bonds is 10. The first-order valence-corrected chi connectivity index (χ1v) is 13.6. The number of hydrogen-bond acceptors (Lipinski definition) is 2. The van der Waals surface area contributed by atoms with E-state index in [1.54, 1.807) is 0 Å². The molecule has 4 unspecified atom stereocenters. The minimum Gasteiger partial charge on any atom is -0.490 e. The second-order valence-electron chi connectivity index (χ2n) is 10.7. The average molecular weight is 507 g/mol. The van der Waals surface area contributed by atoms with E-state index in [0.717, 1.165) is 31.1 Å². The van der Waals surface area contributed by atoms with E-state index in [-0.39, 0.29) is 29.2 Å². The van der Waals surface area contributed by atoms with Gasteiger partial charge in [0.1, 0.15) is 0 Å². The van der Waals surface area contributed by atoms with Crippen LogP contribution >= 0.6 is 0 Å². The van der Waals surface area contributed by atoms with Gasteiger partial charge in [-0.1, -0.05) is 39.5 Å². The van der Waals surface area contributed by atoms with Crippen molar-refractivity contribution in [2.45, 2.75) is 78.1 Å². The van der Waals surface area contributed by atoms with Crippen LogP contribution in [0.3, 0.4) is 0 Å². The van der Waals surface area contributed by atoms with Gasteiger partial charge in [-0.05, 0) is 86.5 Å².